The monoisotopic (exact) mass is 485 g/mol. The molecule has 1 aliphatic rings. The minimum atomic E-state index is -0.554. The SMILES string of the molecule is CC(=O)Nc1ccc2c(-c3ccc4c5c(ccnc35)CCO4)c([C@@H](CO)OC(C)(C)C)c(C)cc2n1. The summed E-state index contributed by atoms with van der Waals surface area (Å²) in [6, 6.07) is 11.8. The number of anilines is 1. The fraction of sp³-hybridized carbons (Fsp3) is 0.345. The summed E-state index contributed by atoms with van der Waals surface area (Å²) in [4.78, 5) is 21.2. The summed E-state index contributed by atoms with van der Waals surface area (Å²) in [6.45, 7) is 9.88. The van der Waals surface area contributed by atoms with Crippen molar-refractivity contribution in [3.63, 3.8) is 0 Å². The summed E-state index contributed by atoms with van der Waals surface area (Å²) in [7, 11) is 0. The summed E-state index contributed by atoms with van der Waals surface area (Å²) in [5.74, 6) is 1.14. The van der Waals surface area contributed by atoms with E-state index in [9.17, 15) is 9.90 Å². The van der Waals surface area contributed by atoms with Gasteiger partial charge in [0.25, 0.3) is 0 Å². The highest BCUT2D eigenvalue weighted by atomic mass is 16.5. The number of aryl methyl sites for hydroxylation is 1. The molecule has 7 heteroatoms. The maximum Gasteiger partial charge on any atom is 0.222 e. The molecule has 0 fully saturated rings. The minimum Gasteiger partial charge on any atom is -0.493 e. The summed E-state index contributed by atoms with van der Waals surface area (Å²) >= 11 is 0. The van der Waals surface area contributed by atoms with E-state index >= 15 is 0 Å². The molecule has 1 aliphatic heterocycles. The first-order valence-corrected chi connectivity index (χ1v) is 12.2. The third-order valence-corrected chi connectivity index (χ3v) is 6.37. The molecule has 2 aromatic heterocycles. The van der Waals surface area contributed by atoms with E-state index in [1.54, 1.807) is 6.07 Å². The van der Waals surface area contributed by atoms with Crippen LogP contribution in [0.3, 0.4) is 0 Å². The highest BCUT2D eigenvalue weighted by Gasteiger charge is 2.28. The van der Waals surface area contributed by atoms with Gasteiger partial charge in [0.1, 0.15) is 17.7 Å². The van der Waals surface area contributed by atoms with Crippen LogP contribution in [0.5, 0.6) is 5.75 Å². The molecule has 2 N–H and O–H groups in total. The van der Waals surface area contributed by atoms with Gasteiger partial charge in [0.15, 0.2) is 0 Å². The quantitative estimate of drug-likeness (QED) is 0.388. The lowest BCUT2D eigenvalue weighted by Gasteiger charge is -2.30. The number of nitrogens with zero attached hydrogens (tertiary/aromatic N) is 2. The van der Waals surface area contributed by atoms with Crippen molar-refractivity contribution in [2.75, 3.05) is 18.5 Å². The molecule has 186 valence electrons. The Kier molecular flexibility index (Phi) is 6.14. The highest BCUT2D eigenvalue weighted by molar-refractivity contribution is 6.07. The first kappa shape index (κ1) is 24.2. The predicted molar refractivity (Wildman–Crippen MR) is 141 cm³/mol. The van der Waals surface area contributed by atoms with Gasteiger partial charge in [-0.25, -0.2) is 4.98 Å². The number of ether oxygens (including phenoxy) is 2. The Morgan fingerprint density at radius 3 is 2.75 bits per heavy atom. The molecule has 3 heterocycles. The van der Waals surface area contributed by atoms with E-state index in [0.717, 1.165) is 56.2 Å². The molecule has 5 rings (SSSR count). The van der Waals surface area contributed by atoms with Gasteiger partial charge in [0, 0.05) is 35.9 Å². The zero-order valence-electron chi connectivity index (χ0n) is 21.3. The van der Waals surface area contributed by atoms with Crippen LogP contribution >= 0.6 is 0 Å². The Hall–Kier alpha value is -3.55. The van der Waals surface area contributed by atoms with Crippen LogP contribution in [0.4, 0.5) is 5.82 Å². The Morgan fingerprint density at radius 2 is 2.03 bits per heavy atom. The second kappa shape index (κ2) is 9.15. The molecule has 0 radical (unpaired) electrons. The predicted octanol–water partition coefficient (Wildman–Crippen LogP) is 5.50. The molecule has 0 bridgehead atoms. The van der Waals surface area contributed by atoms with Crippen molar-refractivity contribution in [3.05, 3.63) is 59.3 Å². The van der Waals surface area contributed by atoms with E-state index in [0.29, 0.717) is 12.4 Å². The number of rotatable bonds is 5. The number of carbonyl (C=O) groups excluding carboxylic acids is 1. The lowest BCUT2D eigenvalue weighted by Crippen LogP contribution is -2.25. The van der Waals surface area contributed by atoms with Gasteiger partial charge in [-0.05, 0) is 86.3 Å². The lowest BCUT2D eigenvalue weighted by molar-refractivity contribution is -0.114. The molecule has 7 nitrogen and oxygen atoms in total. The lowest BCUT2D eigenvalue weighted by atomic mass is 9.86. The van der Waals surface area contributed by atoms with Gasteiger partial charge in [-0.3, -0.25) is 9.78 Å². The highest BCUT2D eigenvalue weighted by Crippen LogP contribution is 2.44. The van der Waals surface area contributed by atoms with E-state index in [-0.39, 0.29) is 12.5 Å². The Morgan fingerprint density at radius 1 is 1.22 bits per heavy atom. The molecule has 2 aromatic carbocycles. The maximum absolute atomic E-state index is 11.6. The molecule has 36 heavy (non-hydrogen) atoms. The average molecular weight is 486 g/mol. The number of nitrogens with one attached hydrogen (secondary N) is 1. The number of pyridine rings is 2. The van der Waals surface area contributed by atoms with Crippen LogP contribution < -0.4 is 10.1 Å². The molecule has 0 aliphatic carbocycles. The second-order valence-corrected chi connectivity index (χ2v) is 10.2. The molecule has 4 aromatic rings. The third-order valence-electron chi connectivity index (χ3n) is 6.37. The number of benzene rings is 2. The van der Waals surface area contributed by atoms with Crippen LogP contribution in [0.2, 0.25) is 0 Å². The molecule has 1 atom stereocenters. The minimum absolute atomic E-state index is 0.175. The van der Waals surface area contributed by atoms with E-state index in [1.165, 1.54) is 12.5 Å². The molecule has 0 saturated carbocycles. The number of aliphatic hydroxyl groups is 1. The average Bonchev–Trinajstić information content (AvgIpc) is 2.82. The topological polar surface area (TPSA) is 93.6 Å². The standard InChI is InChI=1S/C29H31N3O4/c1-16-14-21-19(7-9-24(32-21)31-17(2)34)27(25(16)23(15-33)36-29(3,4)5)20-6-8-22-26-18(11-13-35-22)10-12-30-28(20)26/h6-10,12,14,23,33H,11,13,15H2,1-5H3,(H,31,32,34)/t23-/m1/s1. The van der Waals surface area contributed by atoms with Crippen molar-refractivity contribution in [3.8, 4) is 16.9 Å². The number of aliphatic hydroxyl groups excluding tert-OH is 1. The van der Waals surface area contributed by atoms with Crippen LogP contribution in [0, 0.1) is 6.92 Å². The van der Waals surface area contributed by atoms with Gasteiger partial charge in [0.2, 0.25) is 5.91 Å². The summed E-state index contributed by atoms with van der Waals surface area (Å²) in [6.07, 6.45) is 2.11. The Labute approximate surface area is 210 Å². The van der Waals surface area contributed by atoms with Crippen molar-refractivity contribution >= 4 is 33.5 Å². The number of aromatic nitrogens is 2. The number of hydrogen-bond donors (Lipinski definition) is 2. The third kappa shape index (κ3) is 4.40. The van der Waals surface area contributed by atoms with E-state index < -0.39 is 11.7 Å². The number of amides is 1. The Bertz CT molecular complexity index is 1480. The molecular weight excluding hydrogens is 454 g/mol. The normalized spacial score (nSPS) is 14.1. The molecule has 1 amide bonds. The zero-order chi connectivity index (χ0) is 25.6. The van der Waals surface area contributed by atoms with Crippen molar-refractivity contribution in [2.24, 2.45) is 0 Å². The first-order chi connectivity index (χ1) is 17.2. The fourth-order valence-electron chi connectivity index (χ4n) is 5.09. The van der Waals surface area contributed by atoms with Crippen molar-refractivity contribution in [2.45, 2.75) is 52.7 Å². The van der Waals surface area contributed by atoms with Crippen LogP contribution in [-0.4, -0.2) is 39.8 Å². The number of carbonyl (C=O) groups is 1. The van der Waals surface area contributed by atoms with Gasteiger partial charge in [-0.2, -0.15) is 0 Å². The van der Waals surface area contributed by atoms with E-state index in [2.05, 4.69) is 5.32 Å². The van der Waals surface area contributed by atoms with Gasteiger partial charge in [-0.1, -0.05) is 0 Å². The fourth-order valence-corrected chi connectivity index (χ4v) is 5.09. The van der Waals surface area contributed by atoms with Crippen molar-refractivity contribution in [1.29, 1.82) is 0 Å². The zero-order valence-corrected chi connectivity index (χ0v) is 21.3. The van der Waals surface area contributed by atoms with Crippen molar-refractivity contribution in [1.82, 2.24) is 9.97 Å². The van der Waals surface area contributed by atoms with Gasteiger partial charge < -0.3 is 19.9 Å². The van der Waals surface area contributed by atoms with Crippen molar-refractivity contribution < 1.29 is 19.4 Å². The largest absolute Gasteiger partial charge is 0.493 e. The first-order valence-electron chi connectivity index (χ1n) is 12.2. The number of hydrogen-bond acceptors (Lipinski definition) is 6. The van der Waals surface area contributed by atoms with E-state index in [4.69, 9.17) is 19.4 Å². The van der Waals surface area contributed by atoms with E-state index in [1.807, 2.05) is 64.2 Å². The summed E-state index contributed by atoms with van der Waals surface area (Å²) in [5, 5.41) is 15.2. The second-order valence-electron chi connectivity index (χ2n) is 10.2. The molecule has 0 unspecified atom stereocenters. The smallest absolute Gasteiger partial charge is 0.222 e. The van der Waals surface area contributed by atoms with Gasteiger partial charge >= 0.3 is 0 Å². The van der Waals surface area contributed by atoms with Crippen LogP contribution in [0.25, 0.3) is 32.9 Å². The summed E-state index contributed by atoms with van der Waals surface area (Å²) in [5.41, 5.74) is 5.99. The van der Waals surface area contributed by atoms with Crippen LogP contribution in [0.1, 0.15) is 50.5 Å². The Balaban J connectivity index is 1.86. The number of fused-ring (bicyclic) bond motifs is 1. The molecular formula is C29H31N3O4. The molecule has 0 spiro atoms. The van der Waals surface area contributed by atoms with Crippen LogP contribution in [0.15, 0.2) is 42.6 Å². The van der Waals surface area contributed by atoms with Gasteiger partial charge in [-0.15, -0.1) is 0 Å². The maximum atomic E-state index is 11.6. The van der Waals surface area contributed by atoms with Gasteiger partial charge in [0.05, 0.1) is 29.8 Å². The summed E-state index contributed by atoms with van der Waals surface area (Å²) < 4.78 is 12.3. The van der Waals surface area contributed by atoms with Crippen LogP contribution in [-0.2, 0) is 16.0 Å². The molecule has 0 saturated heterocycles.